The molecule has 3 aromatic rings. The second kappa shape index (κ2) is 7.53. The second-order valence-electron chi connectivity index (χ2n) is 6.44. The first-order valence-corrected chi connectivity index (χ1v) is 9.03. The van der Waals surface area contributed by atoms with Crippen LogP contribution in [0.4, 0.5) is 5.69 Å². The molecule has 6 heteroatoms. The maximum absolute atomic E-state index is 13.0. The fraction of sp³-hybridized carbons (Fsp3) is 0.238. The van der Waals surface area contributed by atoms with Crippen LogP contribution in [0.25, 0.3) is 5.69 Å². The van der Waals surface area contributed by atoms with Crippen LogP contribution in [0.15, 0.2) is 67.1 Å². The Labute approximate surface area is 158 Å². The number of anilines is 1. The molecule has 1 aromatic heterocycles. The Kier molecular flexibility index (Phi) is 4.78. The largest absolute Gasteiger partial charge is 0.495 e. The number of carbonyl (C=O) groups is 1. The SMILES string of the molecule is COc1ccccc1N1CCN(C(=O)c2cncn2-c2ccccc2)CC1. The highest BCUT2D eigenvalue weighted by Crippen LogP contribution is 2.28. The first-order valence-electron chi connectivity index (χ1n) is 9.03. The quantitative estimate of drug-likeness (QED) is 0.716. The van der Waals surface area contributed by atoms with Gasteiger partial charge in [0.2, 0.25) is 0 Å². The Morgan fingerprint density at radius 3 is 2.41 bits per heavy atom. The van der Waals surface area contributed by atoms with Crippen LogP contribution in [-0.2, 0) is 0 Å². The van der Waals surface area contributed by atoms with Crippen LogP contribution in [0.1, 0.15) is 10.5 Å². The van der Waals surface area contributed by atoms with Crippen LogP contribution in [0.5, 0.6) is 5.75 Å². The van der Waals surface area contributed by atoms with Crippen molar-refractivity contribution in [3.8, 4) is 11.4 Å². The molecule has 0 radical (unpaired) electrons. The monoisotopic (exact) mass is 362 g/mol. The summed E-state index contributed by atoms with van der Waals surface area (Å²) in [4.78, 5) is 21.4. The number of aromatic nitrogens is 2. The second-order valence-corrected chi connectivity index (χ2v) is 6.44. The summed E-state index contributed by atoms with van der Waals surface area (Å²) >= 11 is 0. The zero-order valence-electron chi connectivity index (χ0n) is 15.3. The van der Waals surface area contributed by atoms with Crippen LogP contribution < -0.4 is 9.64 Å². The topological polar surface area (TPSA) is 50.6 Å². The lowest BCUT2D eigenvalue weighted by molar-refractivity contribution is 0.0738. The zero-order valence-corrected chi connectivity index (χ0v) is 15.3. The van der Waals surface area contributed by atoms with Gasteiger partial charge in [-0.15, -0.1) is 0 Å². The zero-order chi connectivity index (χ0) is 18.6. The lowest BCUT2D eigenvalue weighted by Gasteiger charge is -2.36. The number of rotatable bonds is 4. The van der Waals surface area contributed by atoms with E-state index in [1.165, 1.54) is 0 Å². The van der Waals surface area contributed by atoms with Crippen molar-refractivity contribution < 1.29 is 9.53 Å². The average molecular weight is 362 g/mol. The van der Waals surface area contributed by atoms with Crippen molar-refractivity contribution in [3.63, 3.8) is 0 Å². The predicted molar refractivity (Wildman–Crippen MR) is 105 cm³/mol. The third-order valence-corrected chi connectivity index (χ3v) is 4.88. The smallest absolute Gasteiger partial charge is 0.272 e. The Morgan fingerprint density at radius 2 is 1.67 bits per heavy atom. The first kappa shape index (κ1) is 17.1. The number of carbonyl (C=O) groups excluding carboxylic acids is 1. The summed E-state index contributed by atoms with van der Waals surface area (Å²) in [6, 6.07) is 17.8. The number of benzene rings is 2. The number of methoxy groups -OCH3 is 1. The molecule has 0 spiro atoms. The van der Waals surface area contributed by atoms with Gasteiger partial charge in [0.1, 0.15) is 11.4 Å². The van der Waals surface area contributed by atoms with E-state index in [4.69, 9.17) is 4.74 Å². The molecule has 1 amide bonds. The molecule has 2 heterocycles. The van der Waals surface area contributed by atoms with Crippen molar-refractivity contribution in [2.24, 2.45) is 0 Å². The fourth-order valence-corrected chi connectivity index (χ4v) is 3.45. The van der Waals surface area contributed by atoms with Crippen LogP contribution in [0, 0.1) is 0 Å². The molecule has 0 bridgehead atoms. The molecular weight excluding hydrogens is 340 g/mol. The molecule has 1 saturated heterocycles. The Bertz CT molecular complexity index is 915. The van der Waals surface area contributed by atoms with Crippen molar-refractivity contribution in [2.45, 2.75) is 0 Å². The van der Waals surface area contributed by atoms with Gasteiger partial charge in [0, 0.05) is 31.9 Å². The molecule has 0 unspecified atom stereocenters. The van der Waals surface area contributed by atoms with Crippen molar-refractivity contribution in [3.05, 3.63) is 72.8 Å². The van der Waals surface area contributed by atoms with Crippen molar-refractivity contribution in [1.29, 1.82) is 0 Å². The molecule has 6 nitrogen and oxygen atoms in total. The van der Waals surface area contributed by atoms with E-state index in [2.05, 4.69) is 16.0 Å². The third kappa shape index (κ3) is 3.38. The Balaban J connectivity index is 1.48. The summed E-state index contributed by atoms with van der Waals surface area (Å²) in [6.45, 7) is 2.87. The third-order valence-electron chi connectivity index (χ3n) is 4.88. The van der Waals surface area contributed by atoms with Crippen LogP contribution in [0.3, 0.4) is 0 Å². The van der Waals surface area contributed by atoms with E-state index in [0.29, 0.717) is 18.8 Å². The fourth-order valence-electron chi connectivity index (χ4n) is 3.45. The molecule has 4 rings (SSSR count). The summed E-state index contributed by atoms with van der Waals surface area (Å²) in [7, 11) is 1.68. The van der Waals surface area contributed by atoms with Crippen LogP contribution >= 0.6 is 0 Å². The highest BCUT2D eigenvalue weighted by molar-refractivity contribution is 5.93. The molecule has 1 fully saturated rings. The average Bonchev–Trinajstić information content (AvgIpc) is 3.24. The minimum Gasteiger partial charge on any atom is -0.495 e. The minimum atomic E-state index is 0.0102. The van der Waals surface area contributed by atoms with E-state index >= 15 is 0 Å². The van der Waals surface area contributed by atoms with Gasteiger partial charge in [-0.25, -0.2) is 4.98 Å². The normalized spacial score (nSPS) is 14.3. The number of imidazole rings is 1. The summed E-state index contributed by atoms with van der Waals surface area (Å²) in [5, 5.41) is 0. The van der Waals surface area contributed by atoms with E-state index in [-0.39, 0.29) is 5.91 Å². The molecule has 1 aliphatic rings. The highest BCUT2D eigenvalue weighted by Gasteiger charge is 2.25. The summed E-state index contributed by atoms with van der Waals surface area (Å²) in [5.41, 5.74) is 2.60. The minimum absolute atomic E-state index is 0.0102. The van der Waals surface area contributed by atoms with Gasteiger partial charge in [-0.3, -0.25) is 9.36 Å². The molecule has 0 saturated carbocycles. The van der Waals surface area contributed by atoms with E-state index in [9.17, 15) is 4.79 Å². The van der Waals surface area contributed by atoms with E-state index < -0.39 is 0 Å². The summed E-state index contributed by atoms with van der Waals surface area (Å²) in [6.07, 6.45) is 3.33. The van der Waals surface area contributed by atoms with E-state index in [0.717, 1.165) is 30.2 Å². The molecule has 27 heavy (non-hydrogen) atoms. The standard InChI is InChI=1S/C21H22N4O2/c1-27-20-10-6-5-9-18(20)23-11-13-24(14-12-23)21(26)19-15-22-16-25(19)17-7-3-2-4-8-17/h2-10,15-16H,11-14H2,1H3. The number of ether oxygens (including phenoxy) is 1. The van der Waals surface area contributed by atoms with Gasteiger partial charge in [-0.1, -0.05) is 30.3 Å². The van der Waals surface area contributed by atoms with Crippen molar-refractivity contribution in [2.75, 3.05) is 38.2 Å². The van der Waals surface area contributed by atoms with Gasteiger partial charge in [0.15, 0.2) is 0 Å². The number of piperazine rings is 1. The molecule has 138 valence electrons. The lowest BCUT2D eigenvalue weighted by Crippen LogP contribution is -2.49. The molecular formula is C21H22N4O2. The van der Waals surface area contributed by atoms with Gasteiger partial charge < -0.3 is 14.5 Å². The Morgan fingerprint density at radius 1 is 0.963 bits per heavy atom. The summed E-state index contributed by atoms with van der Waals surface area (Å²) < 4.78 is 7.30. The molecule has 0 aliphatic carbocycles. The molecule has 0 atom stereocenters. The van der Waals surface area contributed by atoms with Gasteiger partial charge in [-0.2, -0.15) is 0 Å². The number of nitrogens with zero attached hydrogens (tertiary/aromatic N) is 4. The maximum Gasteiger partial charge on any atom is 0.272 e. The number of para-hydroxylation sites is 3. The number of hydrogen-bond acceptors (Lipinski definition) is 4. The number of amides is 1. The van der Waals surface area contributed by atoms with Crippen molar-refractivity contribution in [1.82, 2.24) is 14.5 Å². The highest BCUT2D eigenvalue weighted by atomic mass is 16.5. The molecule has 1 aliphatic heterocycles. The van der Waals surface area contributed by atoms with Gasteiger partial charge in [0.05, 0.1) is 25.3 Å². The van der Waals surface area contributed by atoms with E-state index in [1.54, 1.807) is 19.6 Å². The van der Waals surface area contributed by atoms with Gasteiger partial charge in [-0.05, 0) is 24.3 Å². The van der Waals surface area contributed by atoms with Gasteiger partial charge >= 0.3 is 0 Å². The summed E-state index contributed by atoms with van der Waals surface area (Å²) in [5.74, 6) is 0.871. The van der Waals surface area contributed by atoms with Crippen LogP contribution in [0.2, 0.25) is 0 Å². The van der Waals surface area contributed by atoms with Crippen molar-refractivity contribution >= 4 is 11.6 Å². The van der Waals surface area contributed by atoms with E-state index in [1.807, 2.05) is 58.0 Å². The lowest BCUT2D eigenvalue weighted by atomic mass is 10.2. The van der Waals surface area contributed by atoms with Gasteiger partial charge in [0.25, 0.3) is 5.91 Å². The molecule has 2 aromatic carbocycles. The molecule has 0 N–H and O–H groups in total. The van der Waals surface area contributed by atoms with Crippen LogP contribution in [-0.4, -0.2) is 53.6 Å². The maximum atomic E-state index is 13.0. The predicted octanol–water partition coefficient (Wildman–Crippen LogP) is 2.84. The number of hydrogen-bond donors (Lipinski definition) is 0. The first-order chi connectivity index (χ1) is 13.3. The Hall–Kier alpha value is -3.28.